The quantitative estimate of drug-likeness (QED) is 0.666. The van der Waals surface area contributed by atoms with Gasteiger partial charge in [0, 0.05) is 5.52 Å². The molecule has 2 aliphatic rings. The number of aromatic nitrogens is 5. The standard InChI is InChI=1S/C23H30N6O2/c1-15-12-17-14-19(23(30)24-20(17)13-16(15)2)21(28-8-10-31-11-9-28)22-25-26-27-29(22)18-6-4-3-5-7-18/h12-14,18,21H,3-11H2,1-2H3,(H,24,30)/p+1/t21-/m1/s1. The lowest BCUT2D eigenvalue weighted by Crippen LogP contribution is -3.14. The van der Waals surface area contributed by atoms with Crippen molar-refractivity contribution < 1.29 is 9.64 Å². The molecule has 1 aliphatic carbocycles. The number of benzene rings is 1. The van der Waals surface area contributed by atoms with E-state index < -0.39 is 0 Å². The normalized spacial score (nSPS) is 19.7. The number of H-pyrrole nitrogens is 1. The van der Waals surface area contributed by atoms with Crippen molar-refractivity contribution in [2.75, 3.05) is 26.3 Å². The fourth-order valence-corrected chi connectivity index (χ4v) is 5.15. The summed E-state index contributed by atoms with van der Waals surface area (Å²) in [6.07, 6.45) is 5.86. The number of pyridine rings is 1. The van der Waals surface area contributed by atoms with Crippen LogP contribution in [-0.2, 0) is 4.74 Å². The lowest BCUT2D eigenvalue weighted by atomic mass is 9.95. The van der Waals surface area contributed by atoms with Crippen molar-refractivity contribution in [3.63, 3.8) is 0 Å². The number of tetrazole rings is 1. The molecule has 8 heteroatoms. The van der Waals surface area contributed by atoms with Gasteiger partial charge in [0.05, 0.1) is 24.8 Å². The number of aryl methyl sites for hydroxylation is 2. The van der Waals surface area contributed by atoms with Crippen LogP contribution in [0, 0.1) is 13.8 Å². The molecular weight excluding hydrogens is 392 g/mol. The van der Waals surface area contributed by atoms with Gasteiger partial charge in [-0.15, -0.1) is 5.10 Å². The second kappa shape index (κ2) is 8.51. The van der Waals surface area contributed by atoms with Crippen LogP contribution in [0.3, 0.4) is 0 Å². The molecule has 1 saturated heterocycles. The molecule has 0 amide bonds. The highest BCUT2D eigenvalue weighted by molar-refractivity contribution is 5.80. The molecule has 2 N–H and O–H groups in total. The van der Waals surface area contributed by atoms with Crippen LogP contribution in [0.15, 0.2) is 23.0 Å². The van der Waals surface area contributed by atoms with Crippen molar-refractivity contribution in [2.45, 2.75) is 58.0 Å². The molecule has 1 saturated carbocycles. The summed E-state index contributed by atoms with van der Waals surface area (Å²) >= 11 is 0. The van der Waals surface area contributed by atoms with Gasteiger partial charge in [0.2, 0.25) is 5.82 Å². The van der Waals surface area contributed by atoms with E-state index in [-0.39, 0.29) is 11.6 Å². The molecule has 1 aliphatic heterocycles. The maximum Gasteiger partial charge on any atom is 0.258 e. The fraction of sp³-hybridized carbons (Fsp3) is 0.565. The van der Waals surface area contributed by atoms with Crippen LogP contribution in [0.4, 0.5) is 0 Å². The maximum absolute atomic E-state index is 13.3. The van der Waals surface area contributed by atoms with E-state index in [2.05, 4.69) is 46.5 Å². The van der Waals surface area contributed by atoms with Gasteiger partial charge in [-0.25, -0.2) is 4.68 Å². The first kappa shape index (κ1) is 20.3. The highest BCUT2D eigenvalue weighted by Gasteiger charge is 2.36. The molecule has 0 bridgehead atoms. The van der Waals surface area contributed by atoms with E-state index in [1.54, 1.807) is 0 Å². The predicted octanol–water partition coefficient (Wildman–Crippen LogP) is 1.64. The van der Waals surface area contributed by atoms with Gasteiger partial charge in [0.15, 0.2) is 6.04 Å². The van der Waals surface area contributed by atoms with Crippen LogP contribution in [-0.4, -0.2) is 51.5 Å². The number of rotatable bonds is 4. The minimum absolute atomic E-state index is 0.0575. The van der Waals surface area contributed by atoms with Crippen LogP contribution in [0.25, 0.3) is 10.9 Å². The van der Waals surface area contributed by atoms with Crippen molar-refractivity contribution >= 4 is 10.9 Å². The van der Waals surface area contributed by atoms with Crippen LogP contribution >= 0.6 is 0 Å². The maximum atomic E-state index is 13.3. The summed E-state index contributed by atoms with van der Waals surface area (Å²) in [6, 6.07) is 6.35. The van der Waals surface area contributed by atoms with Gasteiger partial charge in [-0.2, -0.15) is 0 Å². The van der Waals surface area contributed by atoms with Gasteiger partial charge in [0.1, 0.15) is 13.1 Å². The van der Waals surface area contributed by atoms with Gasteiger partial charge in [-0.3, -0.25) is 4.79 Å². The van der Waals surface area contributed by atoms with E-state index in [9.17, 15) is 4.79 Å². The topological polar surface area (TPSA) is 90.1 Å². The van der Waals surface area contributed by atoms with Gasteiger partial charge in [-0.1, -0.05) is 19.3 Å². The van der Waals surface area contributed by atoms with Crippen LogP contribution in [0.5, 0.6) is 0 Å². The van der Waals surface area contributed by atoms with Crippen molar-refractivity contribution in [3.05, 3.63) is 51.1 Å². The number of nitrogens with one attached hydrogen (secondary N) is 2. The number of fused-ring (bicyclic) bond motifs is 1. The summed E-state index contributed by atoms with van der Waals surface area (Å²) < 4.78 is 7.62. The van der Waals surface area contributed by atoms with Gasteiger partial charge in [0.25, 0.3) is 5.56 Å². The van der Waals surface area contributed by atoms with E-state index in [4.69, 9.17) is 4.74 Å². The van der Waals surface area contributed by atoms with Crippen LogP contribution < -0.4 is 10.5 Å². The average molecular weight is 424 g/mol. The lowest BCUT2D eigenvalue weighted by Gasteiger charge is -2.32. The Morgan fingerprint density at radius 2 is 1.84 bits per heavy atom. The number of aromatic amines is 1. The molecule has 164 valence electrons. The highest BCUT2D eigenvalue weighted by atomic mass is 16.5. The molecule has 0 unspecified atom stereocenters. The Bertz CT molecular complexity index is 1120. The Morgan fingerprint density at radius 3 is 2.61 bits per heavy atom. The van der Waals surface area contributed by atoms with E-state index in [1.807, 2.05) is 10.7 Å². The monoisotopic (exact) mass is 423 g/mol. The van der Waals surface area contributed by atoms with Crippen molar-refractivity contribution in [1.82, 2.24) is 25.2 Å². The lowest BCUT2D eigenvalue weighted by molar-refractivity contribution is -0.933. The van der Waals surface area contributed by atoms with E-state index in [1.165, 1.54) is 35.3 Å². The zero-order chi connectivity index (χ0) is 21.4. The number of nitrogens with zero attached hydrogens (tertiary/aromatic N) is 4. The van der Waals surface area contributed by atoms with Crippen molar-refractivity contribution in [3.8, 4) is 0 Å². The molecule has 3 aromatic rings. The van der Waals surface area contributed by atoms with Gasteiger partial charge in [-0.05, 0) is 71.8 Å². The molecular formula is C23H31N6O2+. The zero-order valence-electron chi connectivity index (χ0n) is 18.4. The first-order chi connectivity index (χ1) is 15.1. The first-order valence-corrected chi connectivity index (χ1v) is 11.5. The van der Waals surface area contributed by atoms with Crippen LogP contribution in [0.1, 0.15) is 66.7 Å². The van der Waals surface area contributed by atoms with Crippen molar-refractivity contribution in [2.24, 2.45) is 0 Å². The Hall–Kier alpha value is -2.58. The van der Waals surface area contributed by atoms with E-state index >= 15 is 0 Å². The molecule has 2 aromatic heterocycles. The van der Waals surface area contributed by atoms with Gasteiger partial charge < -0.3 is 14.6 Å². The van der Waals surface area contributed by atoms with Crippen LogP contribution in [0.2, 0.25) is 0 Å². The number of ether oxygens (including phenoxy) is 1. The van der Waals surface area contributed by atoms with Gasteiger partial charge >= 0.3 is 0 Å². The summed E-state index contributed by atoms with van der Waals surface area (Å²) in [7, 11) is 0. The van der Waals surface area contributed by atoms with E-state index in [0.717, 1.165) is 48.2 Å². The summed E-state index contributed by atoms with van der Waals surface area (Å²) in [5.41, 5.74) is 3.94. The molecule has 1 aromatic carbocycles. The number of hydrogen-bond acceptors (Lipinski definition) is 5. The highest BCUT2D eigenvalue weighted by Crippen LogP contribution is 2.30. The minimum Gasteiger partial charge on any atom is -0.370 e. The third kappa shape index (κ3) is 3.90. The number of hydrogen-bond donors (Lipinski definition) is 2. The smallest absolute Gasteiger partial charge is 0.258 e. The largest absolute Gasteiger partial charge is 0.370 e. The summed E-state index contributed by atoms with van der Waals surface area (Å²) in [5.74, 6) is 0.803. The average Bonchev–Trinajstić information content (AvgIpc) is 3.26. The fourth-order valence-electron chi connectivity index (χ4n) is 5.15. The Labute approximate surface area is 181 Å². The summed E-state index contributed by atoms with van der Waals surface area (Å²) in [5, 5.41) is 14.0. The Balaban J connectivity index is 1.64. The molecule has 1 atom stereocenters. The minimum atomic E-state index is -0.212. The number of quaternary nitrogens is 1. The summed E-state index contributed by atoms with van der Waals surface area (Å²) in [4.78, 5) is 17.7. The number of morpholine rings is 1. The second-order valence-electron chi connectivity index (χ2n) is 9.05. The van der Waals surface area contributed by atoms with Crippen molar-refractivity contribution in [1.29, 1.82) is 0 Å². The zero-order valence-corrected chi connectivity index (χ0v) is 18.4. The third-order valence-corrected chi connectivity index (χ3v) is 7.04. The second-order valence-corrected chi connectivity index (χ2v) is 9.05. The molecule has 8 nitrogen and oxygen atoms in total. The molecule has 3 heterocycles. The summed E-state index contributed by atoms with van der Waals surface area (Å²) in [6.45, 7) is 7.19. The molecule has 5 rings (SSSR count). The molecule has 2 fully saturated rings. The predicted molar refractivity (Wildman–Crippen MR) is 117 cm³/mol. The molecule has 31 heavy (non-hydrogen) atoms. The molecule has 0 radical (unpaired) electrons. The molecule has 0 spiro atoms. The van der Waals surface area contributed by atoms with E-state index in [0.29, 0.717) is 19.3 Å². The SMILES string of the molecule is Cc1cc2cc([C@H](c3nnnn3C3CCCCC3)[NH+]3CCOCC3)c(=O)[nH]c2cc1C. The Morgan fingerprint density at radius 1 is 1.10 bits per heavy atom. The Kier molecular flexibility index (Phi) is 5.58. The first-order valence-electron chi connectivity index (χ1n) is 11.5. The third-order valence-electron chi connectivity index (χ3n) is 7.04.